The van der Waals surface area contributed by atoms with Crippen molar-refractivity contribution in [2.45, 2.75) is 18.4 Å². The van der Waals surface area contributed by atoms with Gasteiger partial charge in [-0.05, 0) is 54.3 Å². The van der Waals surface area contributed by atoms with Gasteiger partial charge in [-0.1, -0.05) is 36.4 Å². The lowest BCUT2D eigenvalue weighted by Gasteiger charge is -2.11. The lowest BCUT2D eigenvalue weighted by molar-refractivity contribution is 0.0948. The lowest BCUT2D eigenvalue weighted by atomic mass is 10.1. The Morgan fingerprint density at radius 2 is 1.84 bits per heavy atom. The summed E-state index contributed by atoms with van der Waals surface area (Å²) in [5.41, 5.74) is 3.83. The molecular weight excluding hydrogens is 330 g/mol. The Balaban J connectivity index is 1.67. The van der Waals surface area contributed by atoms with E-state index >= 15 is 0 Å². The summed E-state index contributed by atoms with van der Waals surface area (Å²) >= 11 is 1.40. The van der Waals surface area contributed by atoms with E-state index in [-0.39, 0.29) is 5.91 Å². The monoisotopic (exact) mass is 349 g/mol. The quantitative estimate of drug-likeness (QED) is 0.646. The van der Waals surface area contributed by atoms with Crippen LogP contribution < -0.4 is 10.0 Å². The van der Waals surface area contributed by atoms with Crippen molar-refractivity contribution in [1.82, 2.24) is 10.3 Å². The maximum Gasteiger partial charge on any atom is 0.252 e. The number of benzene rings is 2. The molecule has 4 nitrogen and oxygen atoms in total. The van der Waals surface area contributed by atoms with Gasteiger partial charge in [-0.15, -0.1) is 0 Å². The number of anilines is 1. The fourth-order valence-corrected chi connectivity index (χ4v) is 3.13. The first kappa shape index (κ1) is 17.0. The van der Waals surface area contributed by atoms with E-state index < -0.39 is 0 Å². The molecule has 0 radical (unpaired) electrons. The molecule has 1 aromatic heterocycles. The van der Waals surface area contributed by atoms with Gasteiger partial charge in [-0.25, -0.2) is 0 Å². The van der Waals surface area contributed by atoms with Crippen molar-refractivity contribution in [3.63, 3.8) is 0 Å². The Hall–Kier alpha value is -2.79. The van der Waals surface area contributed by atoms with Crippen LogP contribution in [0.3, 0.4) is 0 Å². The highest BCUT2D eigenvalue weighted by Crippen LogP contribution is 2.24. The predicted molar refractivity (Wildman–Crippen MR) is 103 cm³/mol. The fraction of sp³-hybridized carbons (Fsp3) is 0.100. The molecule has 0 fully saturated rings. The van der Waals surface area contributed by atoms with Crippen molar-refractivity contribution in [3.8, 4) is 0 Å². The second-order valence-corrected chi connectivity index (χ2v) is 6.40. The van der Waals surface area contributed by atoms with Crippen LogP contribution in [-0.2, 0) is 6.54 Å². The number of aromatic nitrogens is 1. The fourth-order valence-electron chi connectivity index (χ4n) is 2.36. The average Bonchev–Trinajstić information content (AvgIpc) is 2.66. The zero-order chi connectivity index (χ0) is 17.5. The first-order valence-corrected chi connectivity index (χ1v) is 8.80. The van der Waals surface area contributed by atoms with Gasteiger partial charge in [0.1, 0.15) is 0 Å². The molecule has 0 saturated carbocycles. The Bertz CT molecular complexity index is 852. The summed E-state index contributed by atoms with van der Waals surface area (Å²) in [6.07, 6.45) is 3.47. The molecule has 0 saturated heterocycles. The van der Waals surface area contributed by atoms with E-state index in [1.165, 1.54) is 17.5 Å². The molecule has 3 rings (SSSR count). The van der Waals surface area contributed by atoms with Crippen molar-refractivity contribution in [1.29, 1.82) is 0 Å². The number of nitrogens with zero attached hydrogens (tertiary/aromatic N) is 1. The summed E-state index contributed by atoms with van der Waals surface area (Å²) in [6.45, 7) is 2.56. The van der Waals surface area contributed by atoms with Crippen LogP contribution in [0.5, 0.6) is 0 Å². The third kappa shape index (κ3) is 4.61. The second-order valence-electron chi connectivity index (χ2n) is 5.55. The summed E-state index contributed by atoms with van der Waals surface area (Å²) in [4.78, 5) is 17.5. The molecule has 25 heavy (non-hydrogen) atoms. The van der Waals surface area contributed by atoms with Crippen LogP contribution >= 0.6 is 11.9 Å². The first-order valence-electron chi connectivity index (χ1n) is 7.98. The van der Waals surface area contributed by atoms with Crippen LogP contribution in [0.15, 0.2) is 78.0 Å². The first-order chi connectivity index (χ1) is 12.2. The van der Waals surface area contributed by atoms with Crippen molar-refractivity contribution < 1.29 is 4.79 Å². The van der Waals surface area contributed by atoms with E-state index in [2.05, 4.69) is 15.0 Å². The van der Waals surface area contributed by atoms with Gasteiger partial charge in [0.15, 0.2) is 0 Å². The molecule has 0 aliphatic carbocycles. The van der Waals surface area contributed by atoms with Gasteiger partial charge in [-0.3, -0.25) is 9.78 Å². The van der Waals surface area contributed by atoms with Crippen LogP contribution in [0, 0.1) is 6.92 Å². The molecule has 126 valence electrons. The van der Waals surface area contributed by atoms with Crippen molar-refractivity contribution in [2.24, 2.45) is 0 Å². The molecule has 0 unspecified atom stereocenters. The third-order valence-corrected chi connectivity index (χ3v) is 4.69. The standard InChI is InChI=1S/C20H19N3OS/c1-15-7-2-3-8-16(15)13-22-20(24)18-10-4-5-11-19(18)25-23-17-9-6-12-21-14-17/h2-12,14,23H,13H2,1H3,(H,22,24). The van der Waals surface area contributed by atoms with E-state index in [9.17, 15) is 4.79 Å². The van der Waals surface area contributed by atoms with Crippen LogP contribution in [0.2, 0.25) is 0 Å². The second kappa shape index (κ2) is 8.35. The van der Waals surface area contributed by atoms with E-state index in [0.29, 0.717) is 12.1 Å². The molecule has 2 N–H and O–H groups in total. The van der Waals surface area contributed by atoms with Crippen molar-refractivity contribution in [3.05, 3.63) is 89.7 Å². The van der Waals surface area contributed by atoms with Gasteiger partial charge in [0.2, 0.25) is 0 Å². The number of rotatable bonds is 6. The van der Waals surface area contributed by atoms with Crippen molar-refractivity contribution in [2.75, 3.05) is 4.72 Å². The maximum absolute atomic E-state index is 12.6. The average molecular weight is 349 g/mol. The van der Waals surface area contributed by atoms with Crippen LogP contribution in [0.25, 0.3) is 0 Å². The number of aryl methyl sites for hydroxylation is 1. The highest BCUT2D eigenvalue weighted by molar-refractivity contribution is 8.00. The van der Waals surface area contributed by atoms with Gasteiger partial charge in [0, 0.05) is 17.6 Å². The Morgan fingerprint density at radius 1 is 1.04 bits per heavy atom. The summed E-state index contributed by atoms with van der Waals surface area (Å²) < 4.78 is 3.21. The van der Waals surface area contributed by atoms with E-state index in [1.807, 2.05) is 67.6 Å². The van der Waals surface area contributed by atoms with Crippen molar-refractivity contribution >= 4 is 23.5 Å². The molecule has 0 atom stereocenters. The normalized spacial score (nSPS) is 10.3. The number of hydrogen-bond acceptors (Lipinski definition) is 4. The zero-order valence-corrected chi connectivity index (χ0v) is 14.7. The topological polar surface area (TPSA) is 54.0 Å². The highest BCUT2D eigenvalue weighted by atomic mass is 32.2. The highest BCUT2D eigenvalue weighted by Gasteiger charge is 2.11. The Morgan fingerprint density at radius 3 is 2.64 bits per heavy atom. The van der Waals surface area contributed by atoms with E-state index in [4.69, 9.17) is 0 Å². The maximum atomic E-state index is 12.6. The molecule has 1 amide bonds. The number of nitrogens with one attached hydrogen (secondary N) is 2. The molecule has 0 aliphatic heterocycles. The van der Waals surface area contributed by atoms with Gasteiger partial charge in [-0.2, -0.15) is 0 Å². The summed E-state index contributed by atoms with van der Waals surface area (Å²) in [5.74, 6) is -0.0839. The van der Waals surface area contributed by atoms with Gasteiger partial charge in [0.25, 0.3) is 5.91 Å². The Kier molecular flexibility index (Phi) is 5.69. The molecule has 5 heteroatoms. The number of carbonyl (C=O) groups excluding carboxylic acids is 1. The molecule has 1 heterocycles. The van der Waals surface area contributed by atoms with E-state index in [1.54, 1.807) is 12.4 Å². The number of amides is 1. The molecule has 3 aromatic rings. The Labute approximate surface area is 151 Å². The smallest absolute Gasteiger partial charge is 0.252 e. The third-order valence-electron chi connectivity index (χ3n) is 3.77. The largest absolute Gasteiger partial charge is 0.348 e. The molecule has 0 bridgehead atoms. The predicted octanol–water partition coefficient (Wildman–Crippen LogP) is 4.44. The number of hydrogen-bond donors (Lipinski definition) is 2. The number of pyridine rings is 1. The summed E-state index contributed by atoms with van der Waals surface area (Å²) in [5, 5.41) is 3.00. The molecule has 2 aromatic carbocycles. The van der Waals surface area contributed by atoms with Crippen LogP contribution in [0.4, 0.5) is 5.69 Å². The van der Waals surface area contributed by atoms with Gasteiger partial charge < -0.3 is 10.0 Å². The van der Waals surface area contributed by atoms with Gasteiger partial charge in [0.05, 0.1) is 17.4 Å². The zero-order valence-electron chi connectivity index (χ0n) is 13.9. The molecular formula is C20H19N3OS. The number of carbonyl (C=O) groups is 1. The SMILES string of the molecule is Cc1ccccc1CNC(=O)c1ccccc1SNc1cccnc1. The van der Waals surface area contributed by atoms with E-state index in [0.717, 1.165) is 16.1 Å². The summed E-state index contributed by atoms with van der Waals surface area (Å²) in [6, 6.07) is 19.4. The minimum Gasteiger partial charge on any atom is -0.348 e. The molecule has 0 spiro atoms. The lowest BCUT2D eigenvalue weighted by Crippen LogP contribution is -2.23. The van der Waals surface area contributed by atoms with Crippen LogP contribution in [-0.4, -0.2) is 10.9 Å². The molecule has 0 aliphatic rings. The summed E-state index contributed by atoms with van der Waals surface area (Å²) in [7, 11) is 0. The minimum absolute atomic E-state index is 0.0839. The van der Waals surface area contributed by atoms with Crippen LogP contribution in [0.1, 0.15) is 21.5 Å². The van der Waals surface area contributed by atoms with Gasteiger partial charge >= 0.3 is 0 Å². The minimum atomic E-state index is -0.0839.